The second-order valence-corrected chi connectivity index (χ2v) is 7.86. The van der Waals surface area contributed by atoms with Crippen molar-refractivity contribution in [2.24, 2.45) is 0 Å². The van der Waals surface area contributed by atoms with E-state index < -0.39 is 11.4 Å². The van der Waals surface area contributed by atoms with Gasteiger partial charge in [-0.05, 0) is 40.8 Å². The van der Waals surface area contributed by atoms with Crippen molar-refractivity contribution in [2.45, 2.75) is 18.8 Å². The Bertz CT molecular complexity index is 1140. The summed E-state index contributed by atoms with van der Waals surface area (Å²) in [4.78, 5) is 12.0. The van der Waals surface area contributed by atoms with Crippen molar-refractivity contribution in [3.05, 3.63) is 137 Å². The molecule has 0 aliphatic heterocycles. The molecule has 3 nitrogen and oxygen atoms in total. The summed E-state index contributed by atoms with van der Waals surface area (Å²) in [7, 11) is 0. The minimum Gasteiger partial charge on any atom is -0.507 e. The molecular formula is C28H24O3. The Kier molecular flexibility index (Phi) is 5.59. The molecule has 0 spiro atoms. The predicted molar refractivity (Wildman–Crippen MR) is 123 cm³/mol. The van der Waals surface area contributed by atoms with E-state index in [4.69, 9.17) is 0 Å². The van der Waals surface area contributed by atoms with Gasteiger partial charge in [0.15, 0.2) is 0 Å². The summed E-state index contributed by atoms with van der Waals surface area (Å²) in [6, 6.07) is 33.4. The number of aromatic carboxylic acids is 1. The van der Waals surface area contributed by atoms with Gasteiger partial charge in [-0.2, -0.15) is 0 Å². The average molecular weight is 408 g/mol. The summed E-state index contributed by atoms with van der Waals surface area (Å²) in [5, 5.41) is 20.6. The monoisotopic (exact) mass is 408 g/mol. The highest BCUT2D eigenvalue weighted by atomic mass is 16.4. The van der Waals surface area contributed by atoms with Gasteiger partial charge in [0.2, 0.25) is 0 Å². The maximum atomic E-state index is 12.0. The molecule has 0 aliphatic carbocycles. The van der Waals surface area contributed by atoms with Crippen LogP contribution in [0.1, 0.15) is 45.1 Å². The highest BCUT2D eigenvalue weighted by Crippen LogP contribution is 2.41. The number of carboxylic acids is 1. The molecule has 0 fully saturated rings. The lowest BCUT2D eigenvalue weighted by Crippen LogP contribution is -2.26. The zero-order valence-electron chi connectivity index (χ0n) is 17.3. The lowest BCUT2D eigenvalue weighted by Gasteiger charge is -2.33. The zero-order valence-corrected chi connectivity index (χ0v) is 17.3. The molecule has 0 saturated carbocycles. The van der Waals surface area contributed by atoms with Gasteiger partial charge in [0.25, 0.3) is 0 Å². The summed E-state index contributed by atoms with van der Waals surface area (Å²) in [5.41, 5.74) is 3.85. The molecule has 31 heavy (non-hydrogen) atoms. The van der Waals surface area contributed by atoms with Crippen LogP contribution >= 0.6 is 0 Å². The number of benzene rings is 4. The van der Waals surface area contributed by atoms with Crippen molar-refractivity contribution in [3.63, 3.8) is 0 Å². The van der Waals surface area contributed by atoms with Crippen molar-refractivity contribution < 1.29 is 15.0 Å². The number of phenols is 1. The van der Waals surface area contributed by atoms with E-state index in [1.54, 1.807) is 6.07 Å². The van der Waals surface area contributed by atoms with Gasteiger partial charge in [-0.1, -0.05) is 97.1 Å². The molecule has 0 aromatic heterocycles. The third-order valence-corrected chi connectivity index (χ3v) is 5.94. The van der Waals surface area contributed by atoms with Crippen molar-refractivity contribution >= 4 is 5.97 Å². The Hall–Kier alpha value is -3.85. The van der Waals surface area contributed by atoms with Gasteiger partial charge in [-0.15, -0.1) is 0 Å². The van der Waals surface area contributed by atoms with Crippen LogP contribution in [0.15, 0.2) is 103 Å². The van der Waals surface area contributed by atoms with Gasteiger partial charge in [0.1, 0.15) is 11.3 Å². The summed E-state index contributed by atoms with van der Waals surface area (Å²) in [6.45, 7) is 2.10. The number of hydrogen-bond acceptors (Lipinski definition) is 2. The molecule has 0 saturated heterocycles. The second kappa shape index (κ2) is 8.49. The summed E-state index contributed by atoms with van der Waals surface area (Å²) in [5.74, 6) is -1.32. The molecule has 4 aromatic rings. The Labute approximate surface area is 182 Å². The third-order valence-electron chi connectivity index (χ3n) is 5.94. The van der Waals surface area contributed by atoms with Crippen LogP contribution in [0.5, 0.6) is 5.75 Å². The molecule has 0 unspecified atom stereocenters. The lowest BCUT2D eigenvalue weighted by molar-refractivity contribution is 0.0693. The van der Waals surface area contributed by atoms with Gasteiger partial charge >= 0.3 is 5.97 Å². The summed E-state index contributed by atoms with van der Waals surface area (Å²) in [6.07, 6.45) is 0.445. The molecule has 0 radical (unpaired) electrons. The molecule has 0 aliphatic rings. The fourth-order valence-electron chi connectivity index (χ4n) is 4.14. The van der Waals surface area contributed by atoms with E-state index in [-0.39, 0.29) is 11.3 Å². The van der Waals surface area contributed by atoms with Crippen LogP contribution in [0, 0.1) is 0 Å². The quantitative estimate of drug-likeness (QED) is 0.383. The lowest BCUT2D eigenvalue weighted by atomic mass is 9.70. The van der Waals surface area contributed by atoms with Crippen molar-refractivity contribution in [1.29, 1.82) is 0 Å². The number of hydrogen-bond donors (Lipinski definition) is 2. The minimum absolute atomic E-state index is 0.0819. The van der Waals surface area contributed by atoms with Gasteiger partial charge < -0.3 is 10.2 Å². The molecule has 4 rings (SSSR count). The topological polar surface area (TPSA) is 57.5 Å². The van der Waals surface area contributed by atoms with E-state index in [0.29, 0.717) is 12.0 Å². The van der Waals surface area contributed by atoms with E-state index in [9.17, 15) is 15.0 Å². The van der Waals surface area contributed by atoms with Crippen LogP contribution in [0.2, 0.25) is 0 Å². The first-order valence-corrected chi connectivity index (χ1v) is 10.2. The predicted octanol–water partition coefficient (Wildman–Crippen LogP) is 6.04. The SMILES string of the molecule is CC(c1ccccc1)(c1ccccc1)c1cc(Cc2ccccc2)c(O)c(C(=O)O)c1. The molecule has 3 heteroatoms. The highest BCUT2D eigenvalue weighted by Gasteiger charge is 2.33. The number of aromatic hydroxyl groups is 1. The standard InChI is InChI=1S/C28H24O3/c1-28(22-13-7-3-8-14-22,23-15-9-4-10-16-23)24-18-21(17-20-11-5-2-6-12-20)26(29)25(19-24)27(30)31/h2-16,18-19,29H,17H2,1H3,(H,30,31). The van der Waals surface area contributed by atoms with E-state index in [0.717, 1.165) is 22.3 Å². The number of rotatable bonds is 6. The Morgan fingerprint density at radius 2 is 1.23 bits per heavy atom. The molecule has 4 aromatic carbocycles. The molecule has 0 amide bonds. The maximum Gasteiger partial charge on any atom is 0.339 e. The Morgan fingerprint density at radius 3 is 1.71 bits per heavy atom. The summed E-state index contributed by atoms with van der Waals surface area (Å²) < 4.78 is 0. The van der Waals surface area contributed by atoms with E-state index in [1.807, 2.05) is 72.8 Å². The Balaban J connectivity index is 1.96. The molecule has 0 bridgehead atoms. The number of carboxylic acid groups (broad SMARTS) is 1. The zero-order chi connectivity index (χ0) is 21.8. The van der Waals surface area contributed by atoms with Gasteiger partial charge in [-0.25, -0.2) is 4.79 Å². The van der Waals surface area contributed by atoms with Crippen LogP contribution in [0.3, 0.4) is 0 Å². The van der Waals surface area contributed by atoms with Crippen LogP contribution in [0.4, 0.5) is 0 Å². The molecule has 2 N–H and O–H groups in total. The van der Waals surface area contributed by atoms with Gasteiger partial charge in [0, 0.05) is 11.8 Å². The normalized spacial score (nSPS) is 11.3. The smallest absolute Gasteiger partial charge is 0.339 e. The van der Waals surface area contributed by atoms with Crippen LogP contribution in [-0.4, -0.2) is 16.2 Å². The largest absolute Gasteiger partial charge is 0.507 e. The molecular weight excluding hydrogens is 384 g/mol. The van der Waals surface area contributed by atoms with Crippen LogP contribution < -0.4 is 0 Å². The third kappa shape index (κ3) is 3.95. The first-order valence-electron chi connectivity index (χ1n) is 10.2. The van der Waals surface area contributed by atoms with E-state index in [2.05, 4.69) is 31.2 Å². The first kappa shape index (κ1) is 20.4. The fraction of sp³-hybridized carbons (Fsp3) is 0.107. The van der Waals surface area contributed by atoms with Crippen LogP contribution in [-0.2, 0) is 11.8 Å². The molecule has 0 atom stereocenters. The molecule has 0 heterocycles. The van der Waals surface area contributed by atoms with Crippen LogP contribution in [0.25, 0.3) is 0 Å². The maximum absolute atomic E-state index is 12.0. The van der Waals surface area contributed by atoms with Gasteiger partial charge in [0.05, 0.1) is 0 Å². The van der Waals surface area contributed by atoms with Crippen molar-refractivity contribution in [3.8, 4) is 5.75 Å². The highest BCUT2D eigenvalue weighted by molar-refractivity contribution is 5.92. The average Bonchev–Trinajstić information content (AvgIpc) is 2.81. The minimum atomic E-state index is -1.14. The Morgan fingerprint density at radius 1 is 0.742 bits per heavy atom. The fourth-order valence-corrected chi connectivity index (χ4v) is 4.14. The van der Waals surface area contributed by atoms with Crippen molar-refractivity contribution in [1.82, 2.24) is 0 Å². The second-order valence-electron chi connectivity index (χ2n) is 7.86. The van der Waals surface area contributed by atoms with E-state index in [1.165, 1.54) is 0 Å². The van der Waals surface area contributed by atoms with Gasteiger partial charge in [-0.3, -0.25) is 0 Å². The number of carbonyl (C=O) groups is 1. The summed E-state index contributed by atoms with van der Waals surface area (Å²) >= 11 is 0. The van der Waals surface area contributed by atoms with Crippen molar-refractivity contribution in [2.75, 3.05) is 0 Å². The first-order chi connectivity index (χ1) is 15.0. The van der Waals surface area contributed by atoms with E-state index >= 15 is 0 Å². The molecule has 154 valence electrons.